The fourth-order valence-corrected chi connectivity index (χ4v) is 7.69. The molecule has 0 spiro atoms. The Morgan fingerprint density at radius 2 is 0.915 bits per heavy atom. The second-order valence-corrected chi connectivity index (χ2v) is 12.3. The molecule has 2 aliphatic heterocycles. The SMILES string of the molecule is c1ccc(N2c3cc4ccccc4cc3B3c4cc5ccccc5cc4N(c4ccccc4)c4cc(-c5ccncn5)cc2c43)cc1. The van der Waals surface area contributed by atoms with Crippen molar-refractivity contribution < 1.29 is 0 Å². The zero-order chi connectivity index (χ0) is 30.9. The molecule has 218 valence electrons. The van der Waals surface area contributed by atoms with Gasteiger partial charge in [-0.15, -0.1) is 0 Å². The molecule has 4 nitrogen and oxygen atoms in total. The molecule has 0 amide bonds. The maximum absolute atomic E-state index is 4.73. The topological polar surface area (TPSA) is 32.3 Å². The van der Waals surface area contributed by atoms with Crippen LogP contribution in [0.3, 0.4) is 0 Å². The van der Waals surface area contributed by atoms with Gasteiger partial charge in [-0.2, -0.15) is 0 Å². The lowest BCUT2D eigenvalue weighted by atomic mass is 9.33. The number of anilines is 6. The second kappa shape index (κ2) is 10.2. The van der Waals surface area contributed by atoms with Crippen molar-refractivity contribution >= 4 is 78.8 Å². The number of nitrogens with zero attached hydrogens (tertiary/aromatic N) is 4. The molecule has 0 radical (unpaired) electrons. The predicted octanol–water partition coefficient (Wildman–Crippen LogP) is 8.53. The van der Waals surface area contributed by atoms with Gasteiger partial charge in [0.05, 0.1) is 5.69 Å². The first-order chi connectivity index (χ1) is 23.3. The Morgan fingerprint density at radius 3 is 1.38 bits per heavy atom. The fraction of sp³-hybridized carbons (Fsp3) is 0. The number of rotatable bonds is 3. The molecule has 0 saturated carbocycles. The van der Waals surface area contributed by atoms with Gasteiger partial charge < -0.3 is 9.80 Å². The van der Waals surface area contributed by atoms with E-state index in [-0.39, 0.29) is 6.71 Å². The van der Waals surface area contributed by atoms with Gasteiger partial charge in [0.1, 0.15) is 6.33 Å². The Balaban J connectivity index is 1.39. The van der Waals surface area contributed by atoms with E-state index in [2.05, 4.69) is 160 Å². The van der Waals surface area contributed by atoms with Crippen LogP contribution >= 0.6 is 0 Å². The van der Waals surface area contributed by atoms with Gasteiger partial charge in [-0.25, -0.2) is 9.97 Å². The highest BCUT2D eigenvalue weighted by atomic mass is 15.2. The molecule has 2 aliphatic rings. The van der Waals surface area contributed by atoms with Crippen LogP contribution in [0.4, 0.5) is 34.1 Å². The van der Waals surface area contributed by atoms with Gasteiger partial charge in [0.15, 0.2) is 0 Å². The van der Waals surface area contributed by atoms with E-state index in [1.807, 2.05) is 12.3 Å². The first-order valence-corrected chi connectivity index (χ1v) is 16.0. The third-order valence-electron chi connectivity index (χ3n) is 9.71. The van der Waals surface area contributed by atoms with Gasteiger partial charge in [0.25, 0.3) is 6.71 Å². The molecule has 10 rings (SSSR count). The van der Waals surface area contributed by atoms with Gasteiger partial charge in [-0.1, -0.05) is 97.1 Å². The Morgan fingerprint density at radius 1 is 0.447 bits per heavy atom. The van der Waals surface area contributed by atoms with Crippen LogP contribution in [-0.2, 0) is 0 Å². The summed E-state index contributed by atoms with van der Waals surface area (Å²) in [6.45, 7) is 0.0265. The average Bonchev–Trinajstić information content (AvgIpc) is 3.14. The number of fused-ring (bicyclic) bond motifs is 6. The van der Waals surface area contributed by atoms with E-state index in [0.717, 1.165) is 34.0 Å². The van der Waals surface area contributed by atoms with Crippen LogP contribution in [0.15, 0.2) is 164 Å². The lowest BCUT2D eigenvalue weighted by molar-refractivity contribution is 1.17. The van der Waals surface area contributed by atoms with E-state index in [1.54, 1.807) is 6.33 Å². The highest BCUT2D eigenvalue weighted by Crippen LogP contribution is 2.46. The maximum Gasteiger partial charge on any atom is 0.252 e. The molecule has 1 aromatic heterocycles. The van der Waals surface area contributed by atoms with Crippen LogP contribution in [0.5, 0.6) is 0 Å². The molecule has 3 heterocycles. The molecular weight excluding hydrogens is 571 g/mol. The van der Waals surface area contributed by atoms with E-state index in [0.29, 0.717) is 0 Å². The van der Waals surface area contributed by atoms with E-state index in [9.17, 15) is 0 Å². The van der Waals surface area contributed by atoms with E-state index >= 15 is 0 Å². The summed E-state index contributed by atoms with van der Waals surface area (Å²) < 4.78 is 0. The number of hydrogen-bond acceptors (Lipinski definition) is 4. The molecule has 0 aliphatic carbocycles. The van der Waals surface area contributed by atoms with Crippen LogP contribution in [0, 0.1) is 0 Å². The lowest BCUT2D eigenvalue weighted by Gasteiger charge is -2.44. The summed E-state index contributed by atoms with van der Waals surface area (Å²) in [6, 6.07) is 55.2. The van der Waals surface area contributed by atoms with Gasteiger partial charge in [-0.3, -0.25) is 0 Å². The molecular formula is C42H27BN4. The first kappa shape index (κ1) is 26.1. The van der Waals surface area contributed by atoms with Crippen molar-refractivity contribution in [3.8, 4) is 11.3 Å². The summed E-state index contributed by atoms with van der Waals surface area (Å²) in [6.07, 6.45) is 3.46. The van der Waals surface area contributed by atoms with Crippen molar-refractivity contribution in [2.24, 2.45) is 0 Å². The van der Waals surface area contributed by atoms with Crippen molar-refractivity contribution in [3.05, 3.63) is 164 Å². The summed E-state index contributed by atoms with van der Waals surface area (Å²) in [5.74, 6) is 0. The summed E-state index contributed by atoms with van der Waals surface area (Å²) in [5.41, 5.74) is 12.8. The monoisotopic (exact) mass is 598 g/mol. The third kappa shape index (κ3) is 3.96. The van der Waals surface area contributed by atoms with E-state index in [4.69, 9.17) is 4.98 Å². The van der Waals surface area contributed by atoms with Crippen molar-refractivity contribution in [2.75, 3.05) is 9.80 Å². The quantitative estimate of drug-likeness (QED) is 0.191. The van der Waals surface area contributed by atoms with Gasteiger partial charge in [-0.05, 0) is 92.5 Å². The largest absolute Gasteiger partial charge is 0.311 e. The van der Waals surface area contributed by atoms with Crippen LogP contribution in [-0.4, -0.2) is 16.7 Å². The molecule has 47 heavy (non-hydrogen) atoms. The third-order valence-corrected chi connectivity index (χ3v) is 9.71. The molecule has 5 heteroatoms. The van der Waals surface area contributed by atoms with Gasteiger partial charge in [0.2, 0.25) is 0 Å². The smallest absolute Gasteiger partial charge is 0.252 e. The number of aromatic nitrogens is 2. The summed E-state index contributed by atoms with van der Waals surface area (Å²) in [5, 5.41) is 4.94. The van der Waals surface area contributed by atoms with Crippen molar-refractivity contribution in [3.63, 3.8) is 0 Å². The Kier molecular flexibility index (Phi) is 5.63. The van der Waals surface area contributed by atoms with E-state index in [1.165, 1.54) is 49.3 Å². The molecule has 0 unspecified atom stereocenters. The molecule has 8 aromatic rings. The predicted molar refractivity (Wildman–Crippen MR) is 197 cm³/mol. The van der Waals surface area contributed by atoms with Crippen molar-refractivity contribution in [1.29, 1.82) is 0 Å². The molecule has 0 atom stereocenters. The standard InChI is InChI=1S/C42H27BN4/c1-3-15-33(16-4-1)46-38-23-30-13-9-7-11-28(30)21-35(38)43-36-22-29-12-8-10-14-31(29)24-39(36)47(34-17-5-2-6-18-34)41-26-32(25-40(46)42(41)43)37-19-20-44-27-45-37/h1-27H. The summed E-state index contributed by atoms with van der Waals surface area (Å²) in [4.78, 5) is 13.9. The average molecular weight is 599 g/mol. The van der Waals surface area contributed by atoms with Crippen LogP contribution in [0.2, 0.25) is 0 Å². The fourth-order valence-electron chi connectivity index (χ4n) is 7.69. The van der Waals surface area contributed by atoms with Gasteiger partial charge >= 0.3 is 0 Å². The Bertz CT molecular complexity index is 2330. The highest BCUT2D eigenvalue weighted by Gasteiger charge is 2.44. The summed E-state index contributed by atoms with van der Waals surface area (Å²) >= 11 is 0. The Labute approximate surface area is 273 Å². The molecule has 7 aromatic carbocycles. The molecule has 0 saturated heterocycles. The summed E-state index contributed by atoms with van der Waals surface area (Å²) in [7, 11) is 0. The normalized spacial score (nSPS) is 13.0. The minimum absolute atomic E-state index is 0.0265. The molecule has 0 fully saturated rings. The lowest BCUT2D eigenvalue weighted by Crippen LogP contribution is -2.61. The van der Waals surface area contributed by atoms with Crippen LogP contribution in [0.25, 0.3) is 32.8 Å². The minimum Gasteiger partial charge on any atom is -0.311 e. The first-order valence-electron chi connectivity index (χ1n) is 16.0. The molecule has 0 bridgehead atoms. The zero-order valence-electron chi connectivity index (χ0n) is 25.5. The number of hydrogen-bond donors (Lipinski definition) is 0. The van der Waals surface area contributed by atoms with Gasteiger partial charge in [0, 0.05) is 45.9 Å². The zero-order valence-corrected chi connectivity index (χ0v) is 25.5. The van der Waals surface area contributed by atoms with E-state index < -0.39 is 0 Å². The number of benzene rings is 7. The molecule has 0 N–H and O–H groups in total. The Hall–Kier alpha value is -6.20. The van der Waals surface area contributed by atoms with Crippen molar-refractivity contribution in [2.45, 2.75) is 0 Å². The second-order valence-electron chi connectivity index (χ2n) is 12.3. The number of para-hydroxylation sites is 2. The van der Waals surface area contributed by atoms with Crippen LogP contribution < -0.4 is 26.2 Å². The van der Waals surface area contributed by atoms with Crippen molar-refractivity contribution in [1.82, 2.24) is 9.97 Å². The maximum atomic E-state index is 4.73. The highest BCUT2D eigenvalue weighted by molar-refractivity contribution is 7.00. The van der Waals surface area contributed by atoms with Crippen LogP contribution in [0.1, 0.15) is 0 Å². The minimum atomic E-state index is 0.0265.